The highest BCUT2D eigenvalue weighted by atomic mass is 35.5. The predicted octanol–water partition coefficient (Wildman–Crippen LogP) is 22.0. The molecule has 3 aromatic heterocycles. The SMILES string of the molecule is Clc1nc(-c2ccccc2)nc(-c2ccccc2)n1.Nc1ccc2c(c1)C1(c3ccccc3-c3ccccc31)c1ccccc1-2.c1ccc(-c2nc(-c3ccccc3)nc(N(c3ccc4c(c3)C3(c5ccccc5-c5ccccc53)c3ccccc3-4)c3nc(-c4ccccc4)nc(-c4ccccc4)n3)n2)cc1. The maximum atomic E-state index is 6.26. The van der Waals surface area contributed by atoms with Crippen LogP contribution in [0.2, 0.25) is 5.28 Å². The normalized spacial score (nSPS) is 12.7. The quantitative estimate of drug-likeness (QED) is 0.138. The fourth-order valence-electron chi connectivity index (χ4n) is 16.2. The molecule has 0 amide bonds. The number of hydrogen-bond acceptors (Lipinski definition) is 11. The highest BCUT2D eigenvalue weighted by molar-refractivity contribution is 6.28. The van der Waals surface area contributed by atoms with Gasteiger partial charge in [-0.05, 0) is 125 Å². The number of anilines is 4. The van der Waals surface area contributed by atoms with Crippen LogP contribution in [0.4, 0.5) is 23.3 Å². The number of hydrogen-bond donors (Lipinski definition) is 1. The Bertz CT molecular complexity index is 5820. The second kappa shape index (κ2) is 26.7. The molecule has 0 radical (unpaired) electrons. The molecule has 504 valence electrons. The maximum absolute atomic E-state index is 6.26. The van der Waals surface area contributed by atoms with E-state index in [1.807, 2.05) is 193 Å². The largest absolute Gasteiger partial charge is 0.399 e. The van der Waals surface area contributed by atoms with Crippen molar-refractivity contribution in [1.82, 2.24) is 44.9 Å². The zero-order chi connectivity index (χ0) is 71.4. The summed E-state index contributed by atoms with van der Waals surface area (Å²) in [5, 5.41) is 0.202. The van der Waals surface area contributed by atoms with Crippen molar-refractivity contribution in [3.63, 3.8) is 0 Å². The highest BCUT2D eigenvalue weighted by Gasteiger charge is 2.53. The van der Waals surface area contributed by atoms with Crippen LogP contribution in [0.15, 0.2) is 364 Å². The summed E-state index contributed by atoms with van der Waals surface area (Å²) >= 11 is 5.99. The lowest BCUT2D eigenvalue weighted by Crippen LogP contribution is -2.26. The predicted molar refractivity (Wildman–Crippen MR) is 429 cm³/mol. The third-order valence-corrected chi connectivity index (χ3v) is 20.9. The Hall–Kier alpha value is -14.0. The first-order valence-electron chi connectivity index (χ1n) is 35.6. The number of halogens is 1. The lowest BCUT2D eigenvalue weighted by molar-refractivity contribution is 0.793. The molecule has 0 fully saturated rings. The molecule has 0 aliphatic heterocycles. The van der Waals surface area contributed by atoms with Crippen LogP contribution in [0, 0.1) is 0 Å². The summed E-state index contributed by atoms with van der Waals surface area (Å²) in [6.07, 6.45) is 0. The Kier molecular flexibility index (Phi) is 15.9. The van der Waals surface area contributed by atoms with Gasteiger partial charge in [-0.2, -0.15) is 29.9 Å². The molecule has 2 N–H and O–H groups in total. The van der Waals surface area contributed by atoms with Crippen molar-refractivity contribution in [3.05, 3.63) is 414 Å². The fraction of sp³-hybridized carbons (Fsp3) is 0.0211. The van der Waals surface area contributed by atoms with E-state index in [2.05, 4.69) is 191 Å². The first-order valence-corrected chi connectivity index (χ1v) is 36.0. The molecule has 4 aliphatic carbocycles. The Labute approximate surface area is 623 Å². The third-order valence-electron chi connectivity index (χ3n) is 20.7. The number of benzene rings is 14. The van der Waals surface area contributed by atoms with Crippen molar-refractivity contribution in [3.8, 4) is 113 Å². The van der Waals surface area contributed by atoms with Gasteiger partial charge in [0.15, 0.2) is 34.9 Å². The third kappa shape index (κ3) is 10.9. The van der Waals surface area contributed by atoms with Gasteiger partial charge >= 0.3 is 0 Å². The van der Waals surface area contributed by atoms with Gasteiger partial charge in [-0.25, -0.2) is 19.9 Å². The van der Waals surface area contributed by atoms with Crippen molar-refractivity contribution in [2.75, 3.05) is 10.6 Å². The molecule has 107 heavy (non-hydrogen) atoms. The van der Waals surface area contributed by atoms with E-state index in [0.717, 1.165) is 44.8 Å². The molecule has 0 bridgehead atoms. The molecule has 4 aliphatic rings. The molecule has 0 saturated carbocycles. The summed E-state index contributed by atoms with van der Waals surface area (Å²) in [7, 11) is 0. The van der Waals surface area contributed by atoms with Crippen LogP contribution in [-0.4, -0.2) is 44.9 Å². The molecular formula is C95H62ClN11. The molecule has 14 aromatic carbocycles. The average Bonchev–Trinajstić information content (AvgIpc) is 1.52. The van der Waals surface area contributed by atoms with Crippen LogP contribution >= 0.6 is 11.6 Å². The molecule has 2 spiro atoms. The van der Waals surface area contributed by atoms with Crippen molar-refractivity contribution in [1.29, 1.82) is 0 Å². The van der Waals surface area contributed by atoms with Crippen LogP contribution in [-0.2, 0) is 10.8 Å². The summed E-state index contributed by atoms with van der Waals surface area (Å²) in [6, 6.07) is 126. The van der Waals surface area contributed by atoms with E-state index < -0.39 is 5.41 Å². The molecule has 3 heterocycles. The first kappa shape index (κ1) is 63.9. The van der Waals surface area contributed by atoms with Gasteiger partial charge in [0.05, 0.1) is 16.5 Å². The Morgan fingerprint density at radius 3 is 0.720 bits per heavy atom. The first-order chi connectivity index (χ1) is 52.9. The second-order valence-electron chi connectivity index (χ2n) is 26.7. The standard InChI is InChI=1S/C55H35N7.C25H17N.C15H10ClN3/c1-5-19-36(20-6-1)49-56-50(37-21-7-2-8-22-37)59-53(58-49)62(54-60-51(38-23-9-3-10-24-38)57-52(61-54)39-25-11-4-12-26-39)40-33-34-44-43-29-15-18-32-47(43)55(48(44)35-40)45-30-16-13-27-41(45)42-28-14-17-31-46(42)55;26-16-13-14-20-19-9-3-6-12-23(19)25(24(20)15-16)21-10-4-1-7-17(21)18-8-2-5-11-22(18)25;16-15-18-13(11-7-3-1-4-8-11)17-14(19-15)12-9-5-2-6-10-12/h1-35H;1-15H,26H2;1-10H. The molecule has 21 rings (SSSR count). The Morgan fingerprint density at radius 2 is 0.439 bits per heavy atom. The van der Waals surface area contributed by atoms with E-state index >= 15 is 0 Å². The molecule has 0 unspecified atom stereocenters. The van der Waals surface area contributed by atoms with Gasteiger partial charge in [0, 0.05) is 39.1 Å². The van der Waals surface area contributed by atoms with Gasteiger partial charge in [0.1, 0.15) is 0 Å². The second-order valence-corrected chi connectivity index (χ2v) is 27.0. The number of nitrogens with two attached hydrogens (primary N) is 1. The van der Waals surface area contributed by atoms with Gasteiger partial charge < -0.3 is 5.73 Å². The van der Waals surface area contributed by atoms with Crippen molar-refractivity contribution >= 4 is 34.9 Å². The van der Waals surface area contributed by atoms with Gasteiger partial charge in [-0.15, -0.1) is 0 Å². The summed E-state index contributed by atoms with van der Waals surface area (Å²) in [4.78, 5) is 46.1. The van der Waals surface area contributed by atoms with E-state index in [1.54, 1.807) is 0 Å². The van der Waals surface area contributed by atoms with Crippen LogP contribution in [0.5, 0.6) is 0 Å². The number of aromatic nitrogens is 9. The Morgan fingerprint density at radius 1 is 0.215 bits per heavy atom. The smallest absolute Gasteiger partial charge is 0.241 e. The summed E-state index contributed by atoms with van der Waals surface area (Å²) < 4.78 is 0. The molecule has 0 saturated heterocycles. The minimum atomic E-state index is -0.576. The maximum Gasteiger partial charge on any atom is 0.241 e. The number of nitrogen functional groups attached to an aromatic ring is 1. The van der Waals surface area contributed by atoms with Crippen LogP contribution < -0.4 is 10.6 Å². The van der Waals surface area contributed by atoms with Crippen LogP contribution in [0.1, 0.15) is 44.5 Å². The number of nitrogens with zero attached hydrogens (tertiary/aromatic N) is 10. The minimum absolute atomic E-state index is 0.202. The zero-order valence-electron chi connectivity index (χ0n) is 57.6. The Balaban J connectivity index is 0.000000140. The van der Waals surface area contributed by atoms with Gasteiger partial charge in [0.2, 0.25) is 17.2 Å². The van der Waals surface area contributed by atoms with E-state index in [-0.39, 0.29) is 10.7 Å². The average molecular weight is 1390 g/mol. The van der Waals surface area contributed by atoms with E-state index in [0.29, 0.717) is 46.8 Å². The summed E-state index contributed by atoms with van der Waals surface area (Å²) in [5.74, 6) is 4.04. The van der Waals surface area contributed by atoms with Crippen molar-refractivity contribution in [2.24, 2.45) is 0 Å². The highest BCUT2D eigenvalue weighted by Crippen LogP contribution is 2.65. The number of fused-ring (bicyclic) bond motifs is 20. The zero-order valence-corrected chi connectivity index (χ0v) is 58.3. The van der Waals surface area contributed by atoms with E-state index in [1.165, 1.54) is 89.0 Å². The topological polar surface area (TPSA) is 145 Å². The summed E-state index contributed by atoms with van der Waals surface area (Å²) in [5.41, 5.74) is 32.8. The molecule has 17 aromatic rings. The molecule has 11 nitrogen and oxygen atoms in total. The van der Waals surface area contributed by atoms with Crippen molar-refractivity contribution in [2.45, 2.75) is 10.8 Å². The minimum Gasteiger partial charge on any atom is -0.399 e. The van der Waals surface area contributed by atoms with Gasteiger partial charge in [-0.1, -0.05) is 340 Å². The fourth-order valence-corrected chi connectivity index (χ4v) is 16.4. The lowest BCUT2D eigenvalue weighted by atomic mass is 9.70. The van der Waals surface area contributed by atoms with Crippen molar-refractivity contribution < 1.29 is 0 Å². The molecular weight excluding hydrogens is 1330 g/mol. The molecule has 0 atom stereocenters. The van der Waals surface area contributed by atoms with Crippen LogP contribution in [0.25, 0.3) is 113 Å². The van der Waals surface area contributed by atoms with Gasteiger partial charge in [0.25, 0.3) is 0 Å². The van der Waals surface area contributed by atoms with Crippen LogP contribution in [0.3, 0.4) is 0 Å². The van der Waals surface area contributed by atoms with Gasteiger partial charge in [-0.3, -0.25) is 0 Å². The summed E-state index contributed by atoms with van der Waals surface area (Å²) in [6.45, 7) is 0. The monoisotopic (exact) mass is 1390 g/mol. The van der Waals surface area contributed by atoms with E-state index in [4.69, 9.17) is 47.2 Å². The van der Waals surface area contributed by atoms with E-state index in [9.17, 15) is 0 Å². The molecule has 12 heteroatoms. The lowest BCUT2D eigenvalue weighted by Gasteiger charge is -2.31. The number of rotatable bonds is 9.